The maximum absolute atomic E-state index is 12.6. The number of halogens is 1. The number of hydrogen-bond acceptors (Lipinski definition) is 3. The van der Waals surface area contributed by atoms with Gasteiger partial charge in [0.1, 0.15) is 12.4 Å². The first-order valence-corrected chi connectivity index (χ1v) is 8.45. The van der Waals surface area contributed by atoms with E-state index in [-0.39, 0.29) is 24.4 Å². The number of rotatable bonds is 5. The number of amides is 1. The van der Waals surface area contributed by atoms with Crippen molar-refractivity contribution in [2.24, 2.45) is 11.7 Å². The second kappa shape index (κ2) is 8.88. The smallest absolute Gasteiger partial charge is 0.253 e. The summed E-state index contributed by atoms with van der Waals surface area (Å²) < 4.78 is 5.76. The Bertz CT molecular complexity index is 674. The second-order valence-electron chi connectivity index (χ2n) is 6.46. The van der Waals surface area contributed by atoms with Crippen LogP contribution in [0.25, 0.3) is 0 Å². The molecule has 0 spiro atoms. The van der Waals surface area contributed by atoms with Crippen molar-refractivity contribution in [2.75, 3.05) is 13.1 Å². The molecule has 2 N–H and O–H groups in total. The van der Waals surface area contributed by atoms with Crippen LogP contribution in [-0.4, -0.2) is 29.9 Å². The molecule has 0 radical (unpaired) electrons. The van der Waals surface area contributed by atoms with Gasteiger partial charge < -0.3 is 15.4 Å². The predicted octanol–water partition coefficient (Wildman–Crippen LogP) is 3.50. The van der Waals surface area contributed by atoms with Crippen LogP contribution in [0.3, 0.4) is 0 Å². The number of ether oxygens (including phenoxy) is 1. The molecule has 2 atom stereocenters. The molecule has 1 aliphatic heterocycles. The van der Waals surface area contributed by atoms with Crippen molar-refractivity contribution in [2.45, 2.75) is 26.0 Å². The van der Waals surface area contributed by atoms with Crippen LogP contribution in [0.5, 0.6) is 5.75 Å². The molecular formula is C20H25ClN2O2. The topological polar surface area (TPSA) is 55.6 Å². The first-order chi connectivity index (χ1) is 11.6. The van der Waals surface area contributed by atoms with E-state index in [0.29, 0.717) is 18.1 Å². The van der Waals surface area contributed by atoms with Crippen LogP contribution in [0.4, 0.5) is 0 Å². The third-order valence-electron chi connectivity index (χ3n) is 4.61. The number of hydrogen-bond donors (Lipinski definition) is 1. The largest absolute Gasteiger partial charge is 0.489 e. The predicted molar refractivity (Wildman–Crippen MR) is 102 cm³/mol. The van der Waals surface area contributed by atoms with Crippen LogP contribution < -0.4 is 10.5 Å². The highest BCUT2D eigenvalue weighted by Crippen LogP contribution is 2.22. The van der Waals surface area contributed by atoms with E-state index < -0.39 is 0 Å². The summed E-state index contributed by atoms with van der Waals surface area (Å²) in [6.45, 7) is 4.08. The van der Waals surface area contributed by atoms with Crippen molar-refractivity contribution in [1.82, 2.24) is 4.90 Å². The van der Waals surface area contributed by atoms with Crippen molar-refractivity contribution in [1.29, 1.82) is 0 Å². The van der Waals surface area contributed by atoms with Gasteiger partial charge in [-0.2, -0.15) is 0 Å². The van der Waals surface area contributed by atoms with Gasteiger partial charge in [-0.05, 0) is 49.1 Å². The lowest BCUT2D eigenvalue weighted by Crippen LogP contribution is -2.32. The molecule has 4 nitrogen and oxygen atoms in total. The number of carbonyl (C=O) groups is 1. The maximum atomic E-state index is 12.6. The summed E-state index contributed by atoms with van der Waals surface area (Å²) in [5.74, 6) is 1.25. The summed E-state index contributed by atoms with van der Waals surface area (Å²) in [4.78, 5) is 14.4. The van der Waals surface area contributed by atoms with Gasteiger partial charge in [-0.25, -0.2) is 0 Å². The molecule has 2 aromatic carbocycles. The highest BCUT2D eigenvalue weighted by molar-refractivity contribution is 5.94. The molecule has 0 aliphatic carbocycles. The van der Waals surface area contributed by atoms with Gasteiger partial charge in [0.2, 0.25) is 0 Å². The summed E-state index contributed by atoms with van der Waals surface area (Å²) in [7, 11) is 0. The quantitative estimate of drug-likeness (QED) is 0.887. The fourth-order valence-electron chi connectivity index (χ4n) is 3.02. The minimum absolute atomic E-state index is 0. The molecule has 1 aliphatic rings. The van der Waals surface area contributed by atoms with Gasteiger partial charge in [-0.3, -0.25) is 4.79 Å². The van der Waals surface area contributed by atoms with Gasteiger partial charge in [0.05, 0.1) is 0 Å². The third kappa shape index (κ3) is 4.97. The summed E-state index contributed by atoms with van der Waals surface area (Å²) in [5.41, 5.74) is 7.77. The third-order valence-corrected chi connectivity index (χ3v) is 4.61. The molecule has 2 aromatic rings. The van der Waals surface area contributed by atoms with Crippen molar-refractivity contribution in [3.05, 3.63) is 65.7 Å². The van der Waals surface area contributed by atoms with E-state index in [4.69, 9.17) is 10.5 Å². The molecule has 0 aromatic heterocycles. The molecule has 5 heteroatoms. The van der Waals surface area contributed by atoms with Crippen LogP contribution in [0.15, 0.2) is 54.6 Å². The Kier molecular flexibility index (Phi) is 6.85. The SMILES string of the molecule is CC(N)C1CCN(C(=O)c2ccc(OCc3ccccc3)cc2)C1.Cl. The molecule has 0 bridgehead atoms. The first kappa shape index (κ1) is 19.3. The van der Waals surface area contributed by atoms with Gasteiger partial charge in [0, 0.05) is 24.7 Å². The van der Waals surface area contributed by atoms with Crippen molar-refractivity contribution < 1.29 is 9.53 Å². The Morgan fingerprint density at radius 2 is 1.88 bits per heavy atom. The zero-order valence-electron chi connectivity index (χ0n) is 14.4. The molecule has 1 heterocycles. The number of likely N-dealkylation sites (tertiary alicyclic amines) is 1. The first-order valence-electron chi connectivity index (χ1n) is 8.45. The molecular weight excluding hydrogens is 336 g/mol. The molecule has 3 rings (SSSR count). The van der Waals surface area contributed by atoms with Gasteiger partial charge in [-0.1, -0.05) is 30.3 Å². The summed E-state index contributed by atoms with van der Waals surface area (Å²) >= 11 is 0. The Labute approximate surface area is 155 Å². The lowest BCUT2D eigenvalue weighted by molar-refractivity contribution is 0.0786. The van der Waals surface area contributed by atoms with Gasteiger partial charge in [0.15, 0.2) is 0 Å². The second-order valence-corrected chi connectivity index (χ2v) is 6.46. The van der Waals surface area contributed by atoms with Gasteiger partial charge in [0.25, 0.3) is 5.91 Å². The molecule has 1 amide bonds. The fourth-order valence-corrected chi connectivity index (χ4v) is 3.02. The highest BCUT2D eigenvalue weighted by Gasteiger charge is 2.28. The monoisotopic (exact) mass is 360 g/mol. The van der Waals surface area contributed by atoms with Gasteiger partial charge in [-0.15, -0.1) is 12.4 Å². The molecule has 2 unspecified atom stereocenters. The standard InChI is InChI=1S/C20H24N2O2.ClH/c1-15(21)18-11-12-22(13-18)20(23)17-7-9-19(10-8-17)24-14-16-5-3-2-4-6-16;/h2-10,15,18H,11-14,21H2,1H3;1H. The van der Waals surface area contributed by atoms with E-state index in [1.165, 1.54) is 0 Å². The van der Waals surface area contributed by atoms with Crippen LogP contribution in [0.2, 0.25) is 0 Å². The minimum Gasteiger partial charge on any atom is -0.489 e. The molecule has 25 heavy (non-hydrogen) atoms. The van der Waals surface area contributed by atoms with Crippen molar-refractivity contribution >= 4 is 18.3 Å². The van der Waals surface area contributed by atoms with Crippen LogP contribution >= 0.6 is 12.4 Å². The maximum Gasteiger partial charge on any atom is 0.253 e. The summed E-state index contributed by atoms with van der Waals surface area (Å²) in [5, 5.41) is 0. The van der Waals surface area contributed by atoms with E-state index in [9.17, 15) is 4.79 Å². The van der Waals surface area contributed by atoms with E-state index >= 15 is 0 Å². The average molecular weight is 361 g/mol. The van der Waals surface area contributed by atoms with Crippen molar-refractivity contribution in [3.8, 4) is 5.75 Å². The van der Waals surface area contributed by atoms with Gasteiger partial charge >= 0.3 is 0 Å². The zero-order valence-corrected chi connectivity index (χ0v) is 15.2. The molecule has 134 valence electrons. The summed E-state index contributed by atoms with van der Waals surface area (Å²) in [6, 6.07) is 17.5. The Hall–Kier alpha value is -2.04. The van der Waals surface area contributed by atoms with Crippen LogP contribution in [0.1, 0.15) is 29.3 Å². The van der Waals surface area contributed by atoms with Crippen molar-refractivity contribution in [3.63, 3.8) is 0 Å². The zero-order chi connectivity index (χ0) is 16.9. The molecule has 1 fully saturated rings. The van der Waals surface area contributed by atoms with E-state index in [1.807, 2.05) is 66.4 Å². The van der Waals surface area contributed by atoms with E-state index in [2.05, 4.69) is 0 Å². The van der Waals surface area contributed by atoms with Crippen LogP contribution in [0, 0.1) is 5.92 Å². The molecule has 0 saturated carbocycles. The van der Waals surface area contributed by atoms with E-state index in [0.717, 1.165) is 30.8 Å². The fraction of sp³-hybridized carbons (Fsp3) is 0.350. The normalized spacial score (nSPS) is 17.7. The average Bonchev–Trinajstić information content (AvgIpc) is 3.11. The summed E-state index contributed by atoms with van der Waals surface area (Å²) in [6.07, 6.45) is 0.988. The number of carbonyl (C=O) groups excluding carboxylic acids is 1. The number of nitrogens with zero attached hydrogens (tertiary/aromatic N) is 1. The number of benzene rings is 2. The van der Waals surface area contributed by atoms with Crippen LogP contribution in [-0.2, 0) is 6.61 Å². The highest BCUT2D eigenvalue weighted by atomic mass is 35.5. The molecule has 1 saturated heterocycles. The Morgan fingerprint density at radius 1 is 1.20 bits per heavy atom. The Balaban J connectivity index is 0.00000225. The lowest BCUT2D eigenvalue weighted by atomic mass is 10.0. The number of nitrogens with two attached hydrogens (primary N) is 1. The Morgan fingerprint density at radius 3 is 2.48 bits per heavy atom. The van der Waals surface area contributed by atoms with E-state index in [1.54, 1.807) is 0 Å². The lowest BCUT2D eigenvalue weighted by Gasteiger charge is -2.18. The minimum atomic E-state index is 0.